The van der Waals surface area contributed by atoms with Crippen molar-refractivity contribution < 1.29 is 9.58 Å². The average molecular weight is 173 g/mol. The molecule has 0 aromatic rings. The van der Waals surface area contributed by atoms with Gasteiger partial charge in [-0.3, -0.25) is 0 Å². The second-order valence-electron chi connectivity index (χ2n) is 3.13. The second kappa shape index (κ2) is 5.14. The maximum atomic E-state index is 5.46. The lowest BCUT2D eigenvalue weighted by atomic mass is 10.5. The normalized spacial score (nSPS) is 11.1. The van der Waals surface area contributed by atoms with Gasteiger partial charge in [-0.2, -0.15) is 4.94 Å². The predicted octanol–water partition coefficient (Wildman–Crippen LogP) is 2.19. The first kappa shape index (κ1) is 11.4. The van der Waals surface area contributed by atoms with Crippen molar-refractivity contribution in [3.05, 3.63) is 0 Å². The van der Waals surface area contributed by atoms with E-state index in [9.17, 15) is 0 Å². The van der Waals surface area contributed by atoms with E-state index < -0.39 is 0 Å². The summed E-state index contributed by atoms with van der Waals surface area (Å²) >= 11 is 0. The standard InChI is InChI=1S/C9H21N2O/c1-6-11(7-2,8-3)12-10-9(4)5/h6-8H2,1-5H3/q+1. The van der Waals surface area contributed by atoms with Gasteiger partial charge in [0.2, 0.25) is 0 Å². The number of hydrogen-bond donors (Lipinski definition) is 0. The molecule has 0 aliphatic rings. The Bertz CT molecular complexity index is 138. The van der Waals surface area contributed by atoms with Crippen molar-refractivity contribution in [2.45, 2.75) is 34.6 Å². The largest absolute Gasteiger partial charge is 0.199 e. The fourth-order valence-electron chi connectivity index (χ4n) is 1.01. The van der Waals surface area contributed by atoms with Crippen LogP contribution < -0.4 is 0 Å². The van der Waals surface area contributed by atoms with Crippen LogP contribution in [0.2, 0.25) is 0 Å². The Morgan fingerprint density at radius 3 is 1.75 bits per heavy atom. The molecule has 0 aliphatic heterocycles. The van der Waals surface area contributed by atoms with Crippen LogP contribution in [0.15, 0.2) is 5.16 Å². The van der Waals surface area contributed by atoms with Gasteiger partial charge in [0, 0.05) is 0 Å². The summed E-state index contributed by atoms with van der Waals surface area (Å²) in [7, 11) is 0. The van der Waals surface area contributed by atoms with Crippen molar-refractivity contribution in [3.63, 3.8) is 0 Å². The lowest BCUT2D eigenvalue weighted by Crippen LogP contribution is -2.46. The monoisotopic (exact) mass is 173 g/mol. The van der Waals surface area contributed by atoms with Gasteiger partial charge in [0.25, 0.3) is 0 Å². The molecule has 0 amide bonds. The highest BCUT2D eigenvalue weighted by atomic mass is 16.8. The summed E-state index contributed by atoms with van der Waals surface area (Å²) in [5.41, 5.74) is 0.966. The van der Waals surface area contributed by atoms with Crippen LogP contribution in [0.1, 0.15) is 34.6 Å². The summed E-state index contributed by atoms with van der Waals surface area (Å²) in [6, 6.07) is 0. The minimum atomic E-state index is 0.616. The summed E-state index contributed by atoms with van der Waals surface area (Å²) in [5, 5.41) is 4.00. The Balaban J connectivity index is 4.20. The van der Waals surface area contributed by atoms with Gasteiger partial charge >= 0.3 is 0 Å². The zero-order chi connectivity index (χ0) is 9.61. The summed E-state index contributed by atoms with van der Waals surface area (Å²) in [4.78, 5) is 5.46. The van der Waals surface area contributed by atoms with Gasteiger partial charge in [-0.05, 0) is 39.8 Å². The molecular formula is C9H21N2O+. The molecule has 0 saturated heterocycles. The van der Waals surface area contributed by atoms with E-state index in [0.717, 1.165) is 25.3 Å². The Morgan fingerprint density at radius 1 is 1.08 bits per heavy atom. The smallest absolute Gasteiger partial charge is 0.118 e. The first-order chi connectivity index (χ1) is 5.60. The topological polar surface area (TPSA) is 21.6 Å². The summed E-state index contributed by atoms with van der Waals surface area (Å²) < 4.78 is 0.616. The fraction of sp³-hybridized carbons (Fsp3) is 0.889. The van der Waals surface area contributed by atoms with Gasteiger partial charge in [0.1, 0.15) is 19.6 Å². The molecule has 0 aliphatic carbocycles. The highest BCUT2D eigenvalue weighted by Gasteiger charge is 2.23. The quantitative estimate of drug-likeness (QED) is 0.355. The number of nitrogens with zero attached hydrogens (tertiary/aromatic N) is 2. The first-order valence-corrected chi connectivity index (χ1v) is 4.66. The van der Waals surface area contributed by atoms with Crippen molar-refractivity contribution >= 4 is 5.71 Å². The van der Waals surface area contributed by atoms with Crippen LogP contribution in [-0.2, 0) is 4.94 Å². The second-order valence-corrected chi connectivity index (χ2v) is 3.13. The molecule has 3 nitrogen and oxygen atoms in total. The Morgan fingerprint density at radius 2 is 1.50 bits per heavy atom. The molecule has 72 valence electrons. The predicted molar refractivity (Wildman–Crippen MR) is 51.8 cm³/mol. The molecule has 0 fully saturated rings. The van der Waals surface area contributed by atoms with Crippen LogP contribution in [-0.4, -0.2) is 30.0 Å². The zero-order valence-electron chi connectivity index (χ0n) is 8.92. The van der Waals surface area contributed by atoms with Gasteiger partial charge in [-0.15, -0.1) is 4.65 Å². The lowest BCUT2D eigenvalue weighted by molar-refractivity contribution is -1.10. The Hall–Kier alpha value is -0.570. The van der Waals surface area contributed by atoms with Gasteiger partial charge in [-0.1, -0.05) is 0 Å². The van der Waals surface area contributed by atoms with Crippen LogP contribution >= 0.6 is 0 Å². The highest BCUT2D eigenvalue weighted by molar-refractivity contribution is 5.78. The van der Waals surface area contributed by atoms with Crippen LogP contribution in [0, 0.1) is 0 Å². The molecule has 0 aromatic carbocycles. The molecule has 0 saturated carbocycles. The van der Waals surface area contributed by atoms with Crippen LogP contribution in [0.5, 0.6) is 0 Å². The third-order valence-corrected chi connectivity index (χ3v) is 2.13. The van der Waals surface area contributed by atoms with Crippen LogP contribution in [0.25, 0.3) is 0 Å². The molecule has 0 N–H and O–H groups in total. The summed E-state index contributed by atoms with van der Waals surface area (Å²) in [6.07, 6.45) is 0. The molecule has 12 heavy (non-hydrogen) atoms. The van der Waals surface area contributed by atoms with Crippen LogP contribution in [0.3, 0.4) is 0 Å². The van der Waals surface area contributed by atoms with E-state index in [4.69, 9.17) is 4.94 Å². The SMILES string of the molecule is CC[N+](CC)(CC)ON=C(C)C. The van der Waals surface area contributed by atoms with E-state index in [1.165, 1.54) is 0 Å². The molecule has 0 radical (unpaired) electrons. The van der Waals surface area contributed by atoms with Crippen molar-refractivity contribution in [1.29, 1.82) is 0 Å². The molecular weight excluding hydrogens is 152 g/mol. The number of hydroxylamine groups is 3. The van der Waals surface area contributed by atoms with E-state index in [1.54, 1.807) is 0 Å². The van der Waals surface area contributed by atoms with Crippen molar-refractivity contribution in [3.8, 4) is 0 Å². The zero-order valence-corrected chi connectivity index (χ0v) is 8.92. The average Bonchev–Trinajstić information content (AvgIpc) is 2.08. The summed E-state index contributed by atoms with van der Waals surface area (Å²) in [5.74, 6) is 0. The van der Waals surface area contributed by atoms with E-state index in [2.05, 4.69) is 25.9 Å². The molecule has 0 unspecified atom stereocenters. The van der Waals surface area contributed by atoms with Gasteiger partial charge in [-0.25, -0.2) is 0 Å². The van der Waals surface area contributed by atoms with E-state index in [0.29, 0.717) is 4.65 Å². The Labute approximate surface area is 75.5 Å². The molecule has 0 rings (SSSR count). The van der Waals surface area contributed by atoms with Crippen LogP contribution in [0.4, 0.5) is 0 Å². The van der Waals surface area contributed by atoms with Gasteiger partial charge in [0.05, 0.1) is 5.71 Å². The van der Waals surface area contributed by atoms with Crippen molar-refractivity contribution in [2.75, 3.05) is 19.6 Å². The number of hydrogen-bond acceptors (Lipinski definition) is 2. The minimum Gasteiger partial charge on any atom is -0.199 e. The minimum absolute atomic E-state index is 0.616. The molecule has 0 bridgehead atoms. The number of rotatable bonds is 5. The fourth-order valence-corrected chi connectivity index (χ4v) is 1.01. The highest BCUT2D eigenvalue weighted by Crippen LogP contribution is 2.07. The summed E-state index contributed by atoms with van der Waals surface area (Å²) in [6.45, 7) is 13.1. The maximum Gasteiger partial charge on any atom is 0.118 e. The van der Waals surface area contributed by atoms with Crippen molar-refractivity contribution in [2.24, 2.45) is 5.16 Å². The van der Waals surface area contributed by atoms with Gasteiger partial charge < -0.3 is 0 Å². The van der Waals surface area contributed by atoms with E-state index in [1.807, 2.05) is 13.8 Å². The third kappa shape index (κ3) is 3.22. The third-order valence-electron chi connectivity index (χ3n) is 2.13. The molecule has 3 heteroatoms. The maximum absolute atomic E-state index is 5.46. The van der Waals surface area contributed by atoms with E-state index in [-0.39, 0.29) is 0 Å². The molecule has 0 aromatic heterocycles. The first-order valence-electron chi connectivity index (χ1n) is 4.66. The number of quaternary nitrogens is 1. The molecule has 0 spiro atoms. The number of oxime groups is 1. The molecule has 0 atom stereocenters. The van der Waals surface area contributed by atoms with E-state index >= 15 is 0 Å². The Kier molecular flexibility index (Phi) is 4.90. The lowest BCUT2D eigenvalue weighted by Gasteiger charge is -2.28. The molecule has 0 heterocycles. The van der Waals surface area contributed by atoms with Crippen molar-refractivity contribution in [1.82, 2.24) is 0 Å². The van der Waals surface area contributed by atoms with Gasteiger partial charge in [0.15, 0.2) is 0 Å².